The van der Waals surface area contributed by atoms with Gasteiger partial charge in [0.1, 0.15) is 6.52 Å². The van der Waals surface area contributed by atoms with Gasteiger partial charge in [0.25, 0.3) is 0 Å². The van der Waals surface area contributed by atoms with Crippen LogP contribution in [0.25, 0.3) is 0 Å². The Morgan fingerprint density at radius 2 is 1.95 bits per heavy atom. The molecule has 2 aromatic rings. The lowest BCUT2D eigenvalue weighted by Crippen LogP contribution is -2.28. The second kappa shape index (κ2) is 5.51. The third-order valence-corrected chi connectivity index (χ3v) is 3.81. The SMILES string of the molecule is [2H]C1N=C(c2ccccc2)c2cc(Cl)cc(Cl)c2N(C)C1=O. The molecule has 1 atom stereocenters. The van der Waals surface area contributed by atoms with Crippen LogP contribution in [0.5, 0.6) is 0 Å². The third-order valence-electron chi connectivity index (χ3n) is 3.30. The monoisotopic (exact) mass is 319 g/mol. The molecule has 1 amide bonds. The molecule has 106 valence electrons. The molecular weight excluding hydrogens is 307 g/mol. The summed E-state index contributed by atoms with van der Waals surface area (Å²) in [5, 5.41) is 0.813. The number of halogens is 2. The molecule has 3 rings (SSSR count). The minimum atomic E-state index is -1.23. The highest BCUT2D eigenvalue weighted by atomic mass is 35.5. The number of hydrogen-bond acceptors (Lipinski definition) is 2. The minimum absolute atomic E-state index is 0.357. The highest BCUT2D eigenvalue weighted by Crippen LogP contribution is 2.35. The first-order valence-electron chi connectivity index (χ1n) is 6.89. The van der Waals surface area contributed by atoms with Crippen molar-refractivity contribution in [1.82, 2.24) is 0 Å². The van der Waals surface area contributed by atoms with Crippen molar-refractivity contribution in [2.45, 2.75) is 0 Å². The van der Waals surface area contributed by atoms with E-state index in [-0.39, 0.29) is 0 Å². The van der Waals surface area contributed by atoms with Gasteiger partial charge in [-0.1, -0.05) is 53.5 Å². The lowest BCUT2D eigenvalue weighted by Gasteiger charge is -2.19. The predicted octanol–water partition coefficient (Wildman–Crippen LogP) is 3.81. The summed E-state index contributed by atoms with van der Waals surface area (Å²) in [6.07, 6.45) is 0. The maximum Gasteiger partial charge on any atom is 0.248 e. The number of aliphatic imine (C=N–C) groups is 1. The van der Waals surface area contributed by atoms with Crippen molar-refractivity contribution in [3.63, 3.8) is 0 Å². The second-order valence-electron chi connectivity index (χ2n) is 4.65. The lowest BCUT2D eigenvalue weighted by atomic mass is 10.0. The van der Waals surface area contributed by atoms with Gasteiger partial charge in [0, 0.05) is 23.2 Å². The highest BCUT2D eigenvalue weighted by Gasteiger charge is 2.25. The van der Waals surface area contributed by atoms with E-state index in [1.165, 1.54) is 4.90 Å². The fourth-order valence-electron chi connectivity index (χ4n) is 2.30. The van der Waals surface area contributed by atoms with Crippen LogP contribution in [-0.2, 0) is 4.79 Å². The van der Waals surface area contributed by atoms with Crippen molar-refractivity contribution in [1.29, 1.82) is 0 Å². The van der Waals surface area contributed by atoms with Gasteiger partial charge in [-0.25, -0.2) is 0 Å². The zero-order valence-electron chi connectivity index (χ0n) is 12.2. The summed E-state index contributed by atoms with van der Waals surface area (Å²) in [6, 6.07) is 12.7. The largest absolute Gasteiger partial charge is 0.312 e. The molecule has 0 saturated heterocycles. The van der Waals surface area contributed by atoms with E-state index in [0.29, 0.717) is 27.0 Å². The summed E-state index contributed by atoms with van der Waals surface area (Å²) in [4.78, 5) is 17.9. The molecule has 1 aliphatic heterocycles. The van der Waals surface area contributed by atoms with Crippen LogP contribution in [0.4, 0.5) is 5.69 Å². The Balaban J connectivity index is 2.32. The Kier molecular flexibility index (Phi) is 3.37. The molecule has 21 heavy (non-hydrogen) atoms. The van der Waals surface area contributed by atoms with Crippen LogP contribution in [0.2, 0.25) is 10.0 Å². The zero-order chi connectivity index (χ0) is 15.9. The maximum absolute atomic E-state index is 12.3. The molecule has 0 aliphatic carbocycles. The van der Waals surface area contributed by atoms with E-state index >= 15 is 0 Å². The van der Waals surface area contributed by atoms with Crippen LogP contribution in [-0.4, -0.2) is 25.2 Å². The number of benzodiazepines with no additional fused rings is 1. The van der Waals surface area contributed by atoms with Gasteiger partial charge in [-0.15, -0.1) is 0 Å². The van der Waals surface area contributed by atoms with Gasteiger partial charge in [-0.05, 0) is 12.1 Å². The number of fused-ring (bicyclic) bond motifs is 1. The van der Waals surface area contributed by atoms with E-state index in [1.54, 1.807) is 19.2 Å². The van der Waals surface area contributed by atoms with Crippen LogP contribution in [0.3, 0.4) is 0 Å². The van der Waals surface area contributed by atoms with Crippen molar-refractivity contribution in [3.8, 4) is 0 Å². The molecule has 0 aromatic heterocycles. The molecule has 1 aliphatic rings. The van der Waals surface area contributed by atoms with Gasteiger partial charge in [0.15, 0.2) is 0 Å². The lowest BCUT2D eigenvalue weighted by molar-refractivity contribution is -0.116. The Hall–Kier alpha value is -1.84. The van der Waals surface area contributed by atoms with Gasteiger partial charge in [0.2, 0.25) is 5.91 Å². The molecule has 0 spiro atoms. The molecule has 0 saturated carbocycles. The first kappa shape index (κ1) is 12.9. The smallest absolute Gasteiger partial charge is 0.248 e. The van der Waals surface area contributed by atoms with Crippen molar-refractivity contribution in [3.05, 3.63) is 63.6 Å². The standard InChI is InChI=1S/C16H12Cl2N2O/c1-20-14(21)9-19-15(10-5-3-2-4-6-10)12-7-11(17)8-13(18)16(12)20/h2-8H,9H2,1H3/i9D. The molecule has 0 bridgehead atoms. The Labute approximate surface area is 134 Å². The summed E-state index contributed by atoms with van der Waals surface area (Å²) < 4.78 is 7.97. The molecule has 1 heterocycles. The van der Waals surface area contributed by atoms with Crippen LogP contribution >= 0.6 is 23.2 Å². The van der Waals surface area contributed by atoms with E-state index in [1.807, 2.05) is 30.3 Å². The van der Waals surface area contributed by atoms with Crippen molar-refractivity contribution in [2.24, 2.45) is 4.99 Å². The molecule has 0 N–H and O–H groups in total. The molecule has 5 heteroatoms. The van der Waals surface area contributed by atoms with Crippen molar-refractivity contribution >= 4 is 40.5 Å². The Morgan fingerprint density at radius 1 is 1.24 bits per heavy atom. The average molecular weight is 320 g/mol. The first-order valence-corrected chi connectivity index (χ1v) is 7.07. The van der Waals surface area contributed by atoms with Crippen molar-refractivity contribution < 1.29 is 6.17 Å². The summed E-state index contributed by atoms with van der Waals surface area (Å²) in [7, 11) is 1.59. The number of benzene rings is 2. The number of nitrogens with zero attached hydrogens (tertiary/aromatic N) is 2. The number of likely N-dealkylation sites (N-methyl/N-ethyl adjacent to an activating group) is 1. The predicted molar refractivity (Wildman–Crippen MR) is 86.8 cm³/mol. The molecule has 1 unspecified atom stereocenters. The van der Waals surface area contributed by atoms with Crippen molar-refractivity contribution in [2.75, 3.05) is 18.5 Å². The topological polar surface area (TPSA) is 32.7 Å². The summed E-state index contributed by atoms with van der Waals surface area (Å²) >= 11 is 12.4. The van der Waals surface area contributed by atoms with Gasteiger partial charge < -0.3 is 4.90 Å². The van der Waals surface area contributed by atoms with E-state index in [9.17, 15) is 4.79 Å². The van der Waals surface area contributed by atoms with Crippen LogP contribution < -0.4 is 4.90 Å². The minimum Gasteiger partial charge on any atom is -0.312 e. The number of amides is 1. The molecule has 0 fully saturated rings. The summed E-state index contributed by atoms with van der Waals surface area (Å²) in [5.41, 5.74) is 2.52. The Morgan fingerprint density at radius 3 is 2.67 bits per heavy atom. The third kappa shape index (κ3) is 2.55. The van der Waals surface area contributed by atoms with E-state index < -0.39 is 12.4 Å². The number of anilines is 1. The van der Waals surface area contributed by atoms with Gasteiger partial charge in [0.05, 0.1) is 17.8 Å². The van der Waals surface area contributed by atoms with Gasteiger partial charge in [-0.2, -0.15) is 0 Å². The van der Waals surface area contributed by atoms with Crippen LogP contribution in [0, 0.1) is 0 Å². The van der Waals surface area contributed by atoms with E-state index in [2.05, 4.69) is 4.99 Å². The average Bonchev–Trinajstić information content (AvgIpc) is 2.59. The fraction of sp³-hybridized carbons (Fsp3) is 0.125. The molecule has 0 radical (unpaired) electrons. The quantitative estimate of drug-likeness (QED) is 0.786. The van der Waals surface area contributed by atoms with E-state index in [4.69, 9.17) is 24.6 Å². The summed E-state index contributed by atoms with van der Waals surface area (Å²) in [6.45, 7) is -1.23. The zero-order valence-corrected chi connectivity index (χ0v) is 12.7. The molecule has 2 aromatic carbocycles. The fourth-order valence-corrected chi connectivity index (χ4v) is 2.92. The molecule has 3 nitrogen and oxygen atoms in total. The van der Waals surface area contributed by atoms with Crippen LogP contribution in [0.1, 0.15) is 12.5 Å². The first-order chi connectivity index (χ1) is 10.5. The van der Waals surface area contributed by atoms with E-state index in [0.717, 1.165) is 5.56 Å². The van der Waals surface area contributed by atoms with Gasteiger partial charge >= 0.3 is 0 Å². The second-order valence-corrected chi connectivity index (χ2v) is 5.50. The Bertz CT molecular complexity index is 777. The van der Waals surface area contributed by atoms with Crippen LogP contribution in [0.15, 0.2) is 47.5 Å². The number of carbonyl (C=O) groups excluding carboxylic acids is 1. The van der Waals surface area contributed by atoms with Gasteiger partial charge in [-0.3, -0.25) is 9.79 Å². The number of rotatable bonds is 1. The molecular formula is C16H12Cl2N2O. The number of hydrogen-bond donors (Lipinski definition) is 0. The maximum atomic E-state index is 12.3. The highest BCUT2D eigenvalue weighted by molar-refractivity contribution is 6.39. The summed E-state index contributed by atoms with van der Waals surface area (Å²) in [5.74, 6) is -0.434. The normalized spacial score (nSPS) is 18.7. The number of carbonyl (C=O) groups is 1.